The van der Waals surface area contributed by atoms with Crippen molar-refractivity contribution in [2.45, 2.75) is 13.5 Å². The summed E-state index contributed by atoms with van der Waals surface area (Å²) in [5.74, 6) is 1.53. The van der Waals surface area contributed by atoms with E-state index < -0.39 is 0 Å². The molecular formula is C14H23BrN2O2. The van der Waals surface area contributed by atoms with E-state index in [2.05, 4.69) is 46.3 Å². The van der Waals surface area contributed by atoms with Crippen molar-refractivity contribution >= 4 is 15.9 Å². The molecule has 108 valence electrons. The number of nitrogens with one attached hydrogen (secondary N) is 1. The third-order valence-corrected chi connectivity index (χ3v) is 3.23. The van der Waals surface area contributed by atoms with Gasteiger partial charge in [-0.1, -0.05) is 0 Å². The highest BCUT2D eigenvalue weighted by molar-refractivity contribution is 9.10. The van der Waals surface area contributed by atoms with Crippen LogP contribution in [-0.4, -0.2) is 45.8 Å². The SMILES string of the molecule is CCOc1c(Br)cc(CNCCN(C)C)cc1OC. The Bertz CT molecular complexity index is 397. The number of hydrogen-bond acceptors (Lipinski definition) is 4. The largest absolute Gasteiger partial charge is 0.493 e. The van der Waals surface area contributed by atoms with Crippen LogP contribution in [0.3, 0.4) is 0 Å². The van der Waals surface area contributed by atoms with Crippen molar-refractivity contribution in [3.63, 3.8) is 0 Å². The Hall–Kier alpha value is -0.780. The quantitative estimate of drug-likeness (QED) is 0.742. The first-order chi connectivity index (χ1) is 9.08. The van der Waals surface area contributed by atoms with E-state index >= 15 is 0 Å². The highest BCUT2D eigenvalue weighted by atomic mass is 79.9. The molecule has 5 heteroatoms. The first-order valence-electron chi connectivity index (χ1n) is 6.43. The average Bonchev–Trinajstić information content (AvgIpc) is 2.37. The lowest BCUT2D eigenvalue weighted by molar-refractivity contribution is 0.308. The van der Waals surface area contributed by atoms with Gasteiger partial charge in [-0.2, -0.15) is 0 Å². The number of ether oxygens (including phenoxy) is 2. The summed E-state index contributed by atoms with van der Waals surface area (Å²) < 4.78 is 11.9. The molecule has 0 saturated carbocycles. The van der Waals surface area contributed by atoms with E-state index in [1.807, 2.05) is 13.0 Å². The number of benzene rings is 1. The molecule has 1 N–H and O–H groups in total. The first-order valence-corrected chi connectivity index (χ1v) is 7.22. The molecule has 19 heavy (non-hydrogen) atoms. The Morgan fingerprint density at radius 3 is 2.63 bits per heavy atom. The van der Waals surface area contributed by atoms with E-state index in [4.69, 9.17) is 9.47 Å². The lowest BCUT2D eigenvalue weighted by Gasteiger charge is -2.14. The average molecular weight is 331 g/mol. The molecule has 0 unspecified atom stereocenters. The molecule has 0 spiro atoms. The molecule has 0 aliphatic heterocycles. The molecule has 0 heterocycles. The van der Waals surface area contributed by atoms with Gasteiger partial charge in [0.1, 0.15) is 0 Å². The molecule has 0 radical (unpaired) electrons. The van der Waals surface area contributed by atoms with Crippen LogP contribution in [0.2, 0.25) is 0 Å². The molecule has 0 atom stereocenters. The third-order valence-electron chi connectivity index (χ3n) is 2.64. The van der Waals surface area contributed by atoms with E-state index in [0.29, 0.717) is 6.61 Å². The second-order valence-electron chi connectivity index (χ2n) is 4.52. The molecule has 0 amide bonds. The Morgan fingerprint density at radius 1 is 1.32 bits per heavy atom. The number of rotatable bonds is 8. The van der Waals surface area contributed by atoms with Crippen LogP contribution in [0.5, 0.6) is 11.5 Å². The molecule has 1 aromatic rings. The minimum atomic E-state index is 0.620. The summed E-state index contributed by atoms with van der Waals surface area (Å²) in [6, 6.07) is 4.08. The molecule has 1 rings (SSSR count). The minimum absolute atomic E-state index is 0.620. The Kier molecular flexibility index (Phi) is 7.20. The standard InChI is InChI=1S/C14H23BrN2O2/c1-5-19-14-12(15)8-11(9-13(14)18-4)10-16-6-7-17(2)3/h8-9,16H,5-7,10H2,1-4H3. The Balaban J connectivity index is 2.67. The summed E-state index contributed by atoms with van der Waals surface area (Å²) in [6.45, 7) is 5.38. The zero-order valence-electron chi connectivity index (χ0n) is 12.1. The van der Waals surface area contributed by atoms with Gasteiger partial charge < -0.3 is 19.7 Å². The molecule has 0 aliphatic rings. The van der Waals surface area contributed by atoms with Crippen LogP contribution in [-0.2, 0) is 6.54 Å². The summed E-state index contributed by atoms with van der Waals surface area (Å²) in [5.41, 5.74) is 1.17. The highest BCUT2D eigenvalue weighted by Gasteiger charge is 2.10. The second kappa shape index (κ2) is 8.40. The number of methoxy groups -OCH3 is 1. The minimum Gasteiger partial charge on any atom is -0.493 e. The van der Waals surface area contributed by atoms with Crippen LogP contribution in [0.25, 0.3) is 0 Å². The van der Waals surface area contributed by atoms with Crippen LogP contribution in [0, 0.1) is 0 Å². The van der Waals surface area contributed by atoms with E-state index in [1.54, 1.807) is 7.11 Å². The summed E-state index contributed by atoms with van der Waals surface area (Å²) in [4.78, 5) is 2.15. The molecule has 0 aliphatic carbocycles. The molecule has 0 fully saturated rings. The normalized spacial score (nSPS) is 10.8. The molecule has 0 bridgehead atoms. The van der Waals surface area contributed by atoms with Crippen molar-refractivity contribution in [3.8, 4) is 11.5 Å². The van der Waals surface area contributed by atoms with Crippen LogP contribution in [0.4, 0.5) is 0 Å². The fourth-order valence-corrected chi connectivity index (χ4v) is 2.30. The predicted molar refractivity (Wildman–Crippen MR) is 82.1 cm³/mol. The van der Waals surface area contributed by atoms with E-state index in [0.717, 1.165) is 35.6 Å². The van der Waals surface area contributed by atoms with E-state index in [1.165, 1.54) is 5.56 Å². The maximum atomic E-state index is 5.57. The zero-order valence-corrected chi connectivity index (χ0v) is 13.7. The van der Waals surface area contributed by atoms with E-state index in [9.17, 15) is 0 Å². The van der Waals surface area contributed by atoms with Crippen LogP contribution in [0.15, 0.2) is 16.6 Å². The van der Waals surface area contributed by atoms with Crippen molar-refractivity contribution in [1.29, 1.82) is 0 Å². The van der Waals surface area contributed by atoms with Gasteiger partial charge in [0.25, 0.3) is 0 Å². The number of hydrogen-bond donors (Lipinski definition) is 1. The molecular weight excluding hydrogens is 308 g/mol. The third kappa shape index (κ3) is 5.38. The van der Waals surface area contributed by atoms with Gasteiger partial charge in [-0.3, -0.25) is 0 Å². The molecule has 0 aromatic heterocycles. The van der Waals surface area contributed by atoms with Crippen molar-refractivity contribution in [2.75, 3.05) is 40.9 Å². The molecule has 0 saturated heterocycles. The van der Waals surface area contributed by atoms with Gasteiger partial charge in [0.2, 0.25) is 0 Å². The second-order valence-corrected chi connectivity index (χ2v) is 5.38. The number of likely N-dealkylation sites (N-methyl/N-ethyl adjacent to an activating group) is 1. The van der Waals surface area contributed by atoms with Gasteiger partial charge in [-0.05, 0) is 54.6 Å². The van der Waals surface area contributed by atoms with Gasteiger partial charge in [0.15, 0.2) is 11.5 Å². The van der Waals surface area contributed by atoms with Crippen LogP contribution < -0.4 is 14.8 Å². The van der Waals surface area contributed by atoms with Crippen molar-refractivity contribution < 1.29 is 9.47 Å². The fraction of sp³-hybridized carbons (Fsp3) is 0.571. The molecule has 4 nitrogen and oxygen atoms in total. The zero-order chi connectivity index (χ0) is 14.3. The van der Waals surface area contributed by atoms with Crippen molar-refractivity contribution in [2.24, 2.45) is 0 Å². The van der Waals surface area contributed by atoms with Crippen molar-refractivity contribution in [1.82, 2.24) is 10.2 Å². The van der Waals surface area contributed by atoms with E-state index in [-0.39, 0.29) is 0 Å². The maximum Gasteiger partial charge on any atom is 0.175 e. The number of halogens is 1. The van der Waals surface area contributed by atoms with Gasteiger partial charge in [0, 0.05) is 19.6 Å². The predicted octanol–water partition coefficient (Wildman–Crippen LogP) is 2.51. The summed E-state index contributed by atoms with van der Waals surface area (Å²) in [5, 5.41) is 3.40. The lowest BCUT2D eigenvalue weighted by atomic mass is 10.2. The number of nitrogens with zero attached hydrogens (tertiary/aromatic N) is 1. The van der Waals surface area contributed by atoms with Gasteiger partial charge >= 0.3 is 0 Å². The fourth-order valence-electron chi connectivity index (χ4n) is 1.70. The lowest BCUT2D eigenvalue weighted by Crippen LogP contribution is -2.26. The summed E-state index contributed by atoms with van der Waals surface area (Å²) >= 11 is 3.53. The Labute approximate surface area is 124 Å². The topological polar surface area (TPSA) is 33.7 Å². The first kappa shape index (κ1) is 16.3. The van der Waals surface area contributed by atoms with Crippen molar-refractivity contribution in [3.05, 3.63) is 22.2 Å². The maximum absolute atomic E-state index is 5.57. The van der Waals surface area contributed by atoms with Crippen LogP contribution >= 0.6 is 15.9 Å². The highest BCUT2D eigenvalue weighted by Crippen LogP contribution is 2.36. The van der Waals surface area contributed by atoms with Gasteiger partial charge in [0.05, 0.1) is 18.2 Å². The molecule has 1 aromatic carbocycles. The summed E-state index contributed by atoms with van der Waals surface area (Å²) in [6.07, 6.45) is 0. The van der Waals surface area contributed by atoms with Gasteiger partial charge in [-0.25, -0.2) is 0 Å². The van der Waals surface area contributed by atoms with Crippen LogP contribution in [0.1, 0.15) is 12.5 Å². The summed E-state index contributed by atoms with van der Waals surface area (Å²) in [7, 11) is 5.80. The smallest absolute Gasteiger partial charge is 0.175 e. The monoisotopic (exact) mass is 330 g/mol. The Morgan fingerprint density at radius 2 is 2.05 bits per heavy atom. The van der Waals surface area contributed by atoms with Gasteiger partial charge in [-0.15, -0.1) is 0 Å².